The lowest BCUT2D eigenvalue weighted by Crippen LogP contribution is -2.39. The van der Waals surface area contributed by atoms with Crippen LogP contribution >= 0.6 is 11.6 Å². The van der Waals surface area contributed by atoms with Crippen LogP contribution in [0.25, 0.3) is 0 Å². The molecule has 3 N–H and O–H groups in total. The molecule has 0 aliphatic carbocycles. The zero-order valence-corrected chi connectivity index (χ0v) is 10.9. The van der Waals surface area contributed by atoms with E-state index >= 15 is 0 Å². The van der Waals surface area contributed by atoms with Crippen molar-refractivity contribution in [3.8, 4) is 0 Å². The van der Waals surface area contributed by atoms with Gasteiger partial charge in [-0.3, -0.25) is 16.3 Å². The quantitative estimate of drug-likeness (QED) is 0.629. The Morgan fingerprint density at radius 2 is 2.19 bits per heavy atom. The first-order valence-electron chi connectivity index (χ1n) is 5.47. The Bertz CT molecular complexity index is 333. The van der Waals surface area contributed by atoms with Crippen LogP contribution in [-0.2, 0) is 6.42 Å². The maximum absolute atomic E-state index is 6.07. The lowest BCUT2D eigenvalue weighted by molar-refractivity contribution is 0.308. The predicted molar refractivity (Wildman–Crippen MR) is 68.1 cm³/mol. The van der Waals surface area contributed by atoms with Crippen LogP contribution in [0.15, 0.2) is 18.5 Å². The van der Waals surface area contributed by atoms with E-state index in [2.05, 4.69) is 31.2 Å². The summed E-state index contributed by atoms with van der Waals surface area (Å²) in [7, 11) is 0. The van der Waals surface area contributed by atoms with E-state index in [9.17, 15) is 0 Å². The minimum Gasteiger partial charge on any atom is -0.271 e. The maximum atomic E-state index is 6.07. The largest absolute Gasteiger partial charge is 0.271 e. The molecular formula is C12H20ClN3. The van der Waals surface area contributed by atoms with Crippen LogP contribution in [0.2, 0.25) is 5.02 Å². The van der Waals surface area contributed by atoms with Crippen LogP contribution in [-0.4, -0.2) is 11.0 Å². The molecule has 1 rings (SSSR count). The van der Waals surface area contributed by atoms with Crippen LogP contribution in [0, 0.1) is 5.41 Å². The van der Waals surface area contributed by atoms with Gasteiger partial charge in [0.15, 0.2) is 0 Å². The highest BCUT2D eigenvalue weighted by Gasteiger charge is 2.18. The molecule has 4 heteroatoms. The fourth-order valence-electron chi connectivity index (χ4n) is 1.76. The Balaban J connectivity index is 2.67. The molecule has 0 aliphatic rings. The average Bonchev–Trinajstić information content (AvgIpc) is 2.18. The summed E-state index contributed by atoms with van der Waals surface area (Å²) in [4.78, 5) is 3.97. The number of hydrogen-bond donors (Lipinski definition) is 2. The van der Waals surface area contributed by atoms with E-state index in [1.165, 1.54) is 0 Å². The summed E-state index contributed by atoms with van der Waals surface area (Å²) in [6, 6.07) is 2.18. The summed E-state index contributed by atoms with van der Waals surface area (Å²) in [5.41, 5.74) is 4.19. The van der Waals surface area contributed by atoms with Crippen LogP contribution in [0.5, 0.6) is 0 Å². The van der Waals surface area contributed by atoms with Crippen LogP contribution in [0.1, 0.15) is 32.8 Å². The van der Waals surface area contributed by atoms with Crippen molar-refractivity contribution in [2.24, 2.45) is 11.3 Å². The molecule has 0 radical (unpaired) electrons. The summed E-state index contributed by atoms with van der Waals surface area (Å²) in [6.07, 6.45) is 5.25. The third-order valence-corrected chi connectivity index (χ3v) is 2.76. The van der Waals surface area contributed by atoms with Crippen molar-refractivity contribution in [2.75, 3.05) is 0 Å². The number of nitrogens with zero attached hydrogens (tertiary/aromatic N) is 1. The Hall–Kier alpha value is -0.640. The predicted octanol–water partition coefficient (Wildman–Crippen LogP) is 2.55. The van der Waals surface area contributed by atoms with Gasteiger partial charge in [0.25, 0.3) is 0 Å². The first-order valence-corrected chi connectivity index (χ1v) is 5.84. The van der Waals surface area contributed by atoms with Crippen molar-refractivity contribution in [3.05, 3.63) is 29.0 Å². The summed E-state index contributed by atoms with van der Waals surface area (Å²) in [6.45, 7) is 6.60. The summed E-state index contributed by atoms with van der Waals surface area (Å²) in [5.74, 6) is 5.57. The second-order valence-corrected chi connectivity index (χ2v) is 5.71. The molecule has 0 spiro atoms. The van der Waals surface area contributed by atoms with Gasteiger partial charge < -0.3 is 0 Å². The molecule has 1 aromatic heterocycles. The number of nitrogens with one attached hydrogen (secondary N) is 1. The Kier molecular flexibility index (Phi) is 4.71. The van der Waals surface area contributed by atoms with E-state index in [1.54, 1.807) is 12.4 Å². The van der Waals surface area contributed by atoms with Crippen molar-refractivity contribution in [2.45, 2.75) is 39.7 Å². The van der Waals surface area contributed by atoms with Crippen molar-refractivity contribution in [3.63, 3.8) is 0 Å². The zero-order chi connectivity index (χ0) is 12.2. The first-order chi connectivity index (χ1) is 7.42. The Morgan fingerprint density at radius 1 is 1.50 bits per heavy atom. The SMILES string of the molecule is CC(C)(C)CC(Cc1ccncc1Cl)NN. The van der Waals surface area contributed by atoms with Gasteiger partial charge >= 0.3 is 0 Å². The summed E-state index contributed by atoms with van der Waals surface area (Å²) >= 11 is 6.07. The van der Waals surface area contributed by atoms with E-state index in [0.29, 0.717) is 5.02 Å². The third-order valence-electron chi connectivity index (χ3n) is 2.42. The highest BCUT2D eigenvalue weighted by atomic mass is 35.5. The highest BCUT2D eigenvalue weighted by Crippen LogP contribution is 2.24. The van der Waals surface area contributed by atoms with E-state index in [4.69, 9.17) is 17.4 Å². The van der Waals surface area contributed by atoms with Gasteiger partial charge in [-0.2, -0.15) is 0 Å². The van der Waals surface area contributed by atoms with Gasteiger partial charge in [-0.15, -0.1) is 0 Å². The van der Waals surface area contributed by atoms with Crippen molar-refractivity contribution < 1.29 is 0 Å². The molecule has 0 aliphatic heterocycles. The zero-order valence-electron chi connectivity index (χ0n) is 10.1. The standard InChI is InChI=1S/C12H20ClN3/c1-12(2,3)7-10(16-14)6-9-4-5-15-8-11(9)13/h4-5,8,10,16H,6-7,14H2,1-3H3. The Labute approximate surface area is 102 Å². The van der Waals surface area contributed by atoms with Crippen molar-refractivity contribution >= 4 is 11.6 Å². The third kappa shape index (κ3) is 4.47. The minimum atomic E-state index is 0.236. The van der Waals surface area contributed by atoms with Gasteiger partial charge in [0, 0.05) is 18.4 Å². The number of rotatable bonds is 4. The number of pyridine rings is 1. The molecule has 0 aromatic carbocycles. The van der Waals surface area contributed by atoms with E-state index < -0.39 is 0 Å². The molecule has 1 unspecified atom stereocenters. The second-order valence-electron chi connectivity index (χ2n) is 5.30. The molecule has 16 heavy (non-hydrogen) atoms. The molecule has 0 saturated heterocycles. The van der Waals surface area contributed by atoms with Gasteiger partial charge in [-0.05, 0) is 29.9 Å². The maximum Gasteiger partial charge on any atom is 0.0621 e. The number of nitrogens with two attached hydrogens (primary N) is 1. The van der Waals surface area contributed by atoms with E-state index in [0.717, 1.165) is 18.4 Å². The fourth-order valence-corrected chi connectivity index (χ4v) is 1.96. The van der Waals surface area contributed by atoms with Gasteiger partial charge in [0.05, 0.1) is 5.02 Å². The van der Waals surface area contributed by atoms with Crippen LogP contribution < -0.4 is 11.3 Å². The van der Waals surface area contributed by atoms with Crippen molar-refractivity contribution in [1.82, 2.24) is 10.4 Å². The van der Waals surface area contributed by atoms with E-state index in [1.807, 2.05) is 6.07 Å². The second kappa shape index (κ2) is 5.62. The molecule has 1 atom stereocenters. The van der Waals surface area contributed by atoms with Gasteiger partial charge in [0.1, 0.15) is 0 Å². The lowest BCUT2D eigenvalue weighted by atomic mass is 9.86. The van der Waals surface area contributed by atoms with Crippen molar-refractivity contribution in [1.29, 1.82) is 0 Å². The fraction of sp³-hybridized carbons (Fsp3) is 0.583. The number of aromatic nitrogens is 1. The Morgan fingerprint density at radius 3 is 2.69 bits per heavy atom. The minimum absolute atomic E-state index is 0.236. The molecule has 3 nitrogen and oxygen atoms in total. The molecule has 0 bridgehead atoms. The van der Waals surface area contributed by atoms with Gasteiger partial charge in [-0.25, -0.2) is 0 Å². The topological polar surface area (TPSA) is 50.9 Å². The summed E-state index contributed by atoms with van der Waals surface area (Å²) in [5, 5.41) is 0.705. The highest BCUT2D eigenvalue weighted by molar-refractivity contribution is 6.31. The average molecular weight is 242 g/mol. The molecule has 90 valence electrons. The van der Waals surface area contributed by atoms with Gasteiger partial charge in [0.2, 0.25) is 0 Å². The molecule has 0 fully saturated rings. The molecule has 0 saturated carbocycles. The van der Waals surface area contributed by atoms with Gasteiger partial charge in [-0.1, -0.05) is 32.4 Å². The van der Waals surface area contributed by atoms with Crippen LogP contribution in [0.4, 0.5) is 0 Å². The number of hydrogen-bond acceptors (Lipinski definition) is 3. The first kappa shape index (κ1) is 13.4. The smallest absolute Gasteiger partial charge is 0.0621 e. The normalized spacial score (nSPS) is 13.8. The monoisotopic (exact) mass is 241 g/mol. The number of halogens is 1. The van der Waals surface area contributed by atoms with E-state index in [-0.39, 0.29) is 11.5 Å². The van der Waals surface area contributed by atoms with Crippen LogP contribution in [0.3, 0.4) is 0 Å². The molecule has 0 amide bonds. The molecule has 1 aromatic rings. The lowest BCUT2D eigenvalue weighted by Gasteiger charge is -2.25. The number of hydrazine groups is 1. The summed E-state index contributed by atoms with van der Waals surface area (Å²) < 4.78 is 0. The molecule has 1 heterocycles. The molecular weight excluding hydrogens is 222 g/mol.